The van der Waals surface area contributed by atoms with Crippen molar-refractivity contribution in [3.63, 3.8) is 0 Å². The maximum absolute atomic E-state index is 11.6. The number of rotatable bonds is 11. The van der Waals surface area contributed by atoms with Crippen molar-refractivity contribution in [2.24, 2.45) is 0 Å². The van der Waals surface area contributed by atoms with Gasteiger partial charge in [0.1, 0.15) is 0 Å². The molecule has 0 aliphatic carbocycles. The number of aliphatic hydroxyl groups excluding tert-OH is 1. The second kappa shape index (κ2) is 11.5. The van der Waals surface area contributed by atoms with Gasteiger partial charge >= 0.3 is 5.97 Å². The molecule has 0 bridgehead atoms. The highest BCUT2D eigenvalue weighted by molar-refractivity contribution is 5.89. The number of carbonyl (C=O) groups excluding carboxylic acids is 1. The van der Waals surface area contributed by atoms with Gasteiger partial charge in [-0.25, -0.2) is 4.79 Å². The van der Waals surface area contributed by atoms with Crippen molar-refractivity contribution in [1.29, 1.82) is 0 Å². The molecule has 0 heterocycles. The molecular weight excluding hydrogens is 252 g/mol. The predicted octanol–water partition coefficient (Wildman–Crippen LogP) is 3.96. The van der Waals surface area contributed by atoms with Gasteiger partial charge in [-0.05, 0) is 25.0 Å². The third-order valence-corrected chi connectivity index (χ3v) is 3.30. The number of hydrogen-bond acceptors (Lipinski definition) is 3. The first kappa shape index (κ1) is 16.7. The fraction of sp³-hybridized carbons (Fsp3) is 0.588. The predicted molar refractivity (Wildman–Crippen MR) is 80.7 cm³/mol. The van der Waals surface area contributed by atoms with Gasteiger partial charge in [0.15, 0.2) is 0 Å². The zero-order valence-corrected chi connectivity index (χ0v) is 12.2. The molecule has 0 spiro atoms. The standard InChI is InChI=1S/C17H26O3/c18-14-10-5-3-1-2-4-6-11-15-20-17(19)16-12-8-7-9-13-16/h7-9,12-13,18H,1-6,10-11,14-15H2. The van der Waals surface area contributed by atoms with Gasteiger partial charge in [-0.3, -0.25) is 0 Å². The number of unbranched alkanes of at least 4 members (excludes halogenated alkanes) is 7. The lowest BCUT2D eigenvalue weighted by Crippen LogP contribution is -2.06. The Morgan fingerprint density at radius 3 is 2.00 bits per heavy atom. The molecule has 3 heteroatoms. The fourth-order valence-electron chi connectivity index (χ4n) is 2.10. The molecule has 1 N–H and O–H groups in total. The van der Waals surface area contributed by atoms with Gasteiger partial charge in [-0.15, -0.1) is 0 Å². The van der Waals surface area contributed by atoms with Gasteiger partial charge in [0.25, 0.3) is 0 Å². The highest BCUT2D eigenvalue weighted by Gasteiger charge is 2.04. The minimum Gasteiger partial charge on any atom is -0.462 e. The Labute approximate surface area is 122 Å². The number of benzene rings is 1. The molecule has 0 amide bonds. The van der Waals surface area contributed by atoms with Crippen LogP contribution in [-0.4, -0.2) is 24.3 Å². The maximum atomic E-state index is 11.6. The molecule has 112 valence electrons. The van der Waals surface area contributed by atoms with Crippen LogP contribution in [0.25, 0.3) is 0 Å². The van der Waals surface area contributed by atoms with E-state index in [1.54, 1.807) is 12.1 Å². The van der Waals surface area contributed by atoms with Crippen LogP contribution < -0.4 is 0 Å². The highest BCUT2D eigenvalue weighted by atomic mass is 16.5. The molecule has 1 aromatic rings. The van der Waals surface area contributed by atoms with E-state index in [9.17, 15) is 4.79 Å². The Morgan fingerprint density at radius 1 is 0.850 bits per heavy atom. The average molecular weight is 278 g/mol. The number of hydrogen-bond donors (Lipinski definition) is 1. The minimum absolute atomic E-state index is 0.227. The lowest BCUT2D eigenvalue weighted by Gasteiger charge is -2.05. The van der Waals surface area contributed by atoms with E-state index in [0.717, 1.165) is 25.7 Å². The summed E-state index contributed by atoms with van der Waals surface area (Å²) in [6, 6.07) is 9.11. The van der Waals surface area contributed by atoms with Crippen molar-refractivity contribution in [3.8, 4) is 0 Å². The number of carbonyl (C=O) groups is 1. The summed E-state index contributed by atoms with van der Waals surface area (Å²) in [5.41, 5.74) is 0.622. The lowest BCUT2D eigenvalue weighted by atomic mass is 10.1. The first-order chi connectivity index (χ1) is 9.84. The third kappa shape index (κ3) is 7.95. The van der Waals surface area contributed by atoms with Crippen LogP contribution in [0.1, 0.15) is 61.7 Å². The van der Waals surface area contributed by atoms with Crippen molar-refractivity contribution >= 4 is 5.97 Å². The minimum atomic E-state index is -0.227. The topological polar surface area (TPSA) is 46.5 Å². The van der Waals surface area contributed by atoms with Crippen molar-refractivity contribution in [2.75, 3.05) is 13.2 Å². The molecule has 20 heavy (non-hydrogen) atoms. The summed E-state index contributed by atoms with van der Waals surface area (Å²) in [6.07, 6.45) is 8.99. The molecule has 3 nitrogen and oxygen atoms in total. The SMILES string of the molecule is O=C(OCCCCCCCCCCO)c1ccccc1. The van der Waals surface area contributed by atoms with Crippen LogP contribution in [0.4, 0.5) is 0 Å². The fourth-order valence-corrected chi connectivity index (χ4v) is 2.10. The average Bonchev–Trinajstić information content (AvgIpc) is 2.50. The molecule has 0 aromatic heterocycles. The number of esters is 1. The van der Waals surface area contributed by atoms with Crippen LogP contribution in [0.2, 0.25) is 0 Å². The van der Waals surface area contributed by atoms with Crippen molar-refractivity contribution in [2.45, 2.75) is 51.4 Å². The quantitative estimate of drug-likeness (QED) is 0.492. The summed E-state index contributed by atoms with van der Waals surface area (Å²) in [6.45, 7) is 0.824. The maximum Gasteiger partial charge on any atom is 0.338 e. The molecule has 0 atom stereocenters. The van der Waals surface area contributed by atoms with Crippen LogP contribution in [0.3, 0.4) is 0 Å². The van der Waals surface area contributed by atoms with E-state index in [1.165, 1.54) is 25.7 Å². The molecule has 0 saturated heterocycles. The van der Waals surface area contributed by atoms with Gasteiger partial charge in [-0.1, -0.05) is 56.7 Å². The van der Waals surface area contributed by atoms with Crippen LogP contribution in [0, 0.1) is 0 Å². The van der Waals surface area contributed by atoms with E-state index in [2.05, 4.69) is 0 Å². The zero-order chi connectivity index (χ0) is 14.5. The monoisotopic (exact) mass is 278 g/mol. The summed E-state index contributed by atoms with van der Waals surface area (Å²) >= 11 is 0. The molecule has 0 aliphatic heterocycles. The van der Waals surface area contributed by atoms with Crippen LogP contribution in [0.15, 0.2) is 30.3 Å². The molecule has 1 rings (SSSR count). The van der Waals surface area contributed by atoms with Gasteiger partial charge in [0.2, 0.25) is 0 Å². The molecule has 0 radical (unpaired) electrons. The largest absolute Gasteiger partial charge is 0.462 e. The van der Waals surface area contributed by atoms with Gasteiger partial charge in [-0.2, -0.15) is 0 Å². The Hall–Kier alpha value is -1.35. The first-order valence-electron chi connectivity index (χ1n) is 7.67. The Balaban J connectivity index is 1.91. The number of ether oxygens (including phenoxy) is 1. The van der Waals surface area contributed by atoms with E-state index < -0.39 is 0 Å². The molecule has 0 aliphatic rings. The van der Waals surface area contributed by atoms with E-state index in [4.69, 9.17) is 9.84 Å². The number of aliphatic hydroxyl groups is 1. The third-order valence-electron chi connectivity index (χ3n) is 3.30. The lowest BCUT2D eigenvalue weighted by molar-refractivity contribution is 0.0497. The Morgan fingerprint density at radius 2 is 1.40 bits per heavy atom. The highest BCUT2D eigenvalue weighted by Crippen LogP contribution is 2.09. The van der Waals surface area contributed by atoms with Crippen molar-refractivity contribution in [3.05, 3.63) is 35.9 Å². The normalized spacial score (nSPS) is 10.4. The van der Waals surface area contributed by atoms with E-state index in [-0.39, 0.29) is 5.97 Å². The molecule has 0 unspecified atom stereocenters. The van der Waals surface area contributed by atoms with Crippen LogP contribution in [-0.2, 0) is 4.74 Å². The van der Waals surface area contributed by atoms with Crippen LogP contribution >= 0.6 is 0 Å². The summed E-state index contributed by atoms with van der Waals surface area (Å²) in [5.74, 6) is -0.227. The summed E-state index contributed by atoms with van der Waals surface area (Å²) in [7, 11) is 0. The molecule has 0 saturated carbocycles. The first-order valence-corrected chi connectivity index (χ1v) is 7.67. The van der Waals surface area contributed by atoms with Gasteiger partial charge in [0.05, 0.1) is 12.2 Å². The van der Waals surface area contributed by atoms with E-state index in [1.807, 2.05) is 18.2 Å². The second-order valence-electron chi connectivity index (χ2n) is 5.05. The molecular formula is C17H26O3. The zero-order valence-electron chi connectivity index (χ0n) is 12.2. The summed E-state index contributed by atoms with van der Waals surface area (Å²) in [5, 5.41) is 8.65. The molecule has 0 fully saturated rings. The van der Waals surface area contributed by atoms with Crippen molar-refractivity contribution < 1.29 is 14.6 Å². The second-order valence-corrected chi connectivity index (χ2v) is 5.05. The van der Waals surface area contributed by atoms with Gasteiger partial charge < -0.3 is 9.84 Å². The Bertz CT molecular complexity index is 349. The smallest absolute Gasteiger partial charge is 0.338 e. The van der Waals surface area contributed by atoms with Gasteiger partial charge in [0, 0.05) is 6.61 Å². The Kier molecular flexibility index (Phi) is 9.58. The van der Waals surface area contributed by atoms with E-state index in [0.29, 0.717) is 18.8 Å². The molecule has 1 aromatic carbocycles. The summed E-state index contributed by atoms with van der Waals surface area (Å²) < 4.78 is 5.22. The summed E-state index contributed by atoms with van der Waals surface area (Å²) in [4.78, 5) is 11.6. The van der Waals surface area contributed by atoms with E-state index >= 15 is 0 Å². The van der Waals surface area contributed by atoms with Crippen LogP contribution in [0.5, 0.6) is 0 Å². The van der Waals surface area contributed by atoms with Crippen molar-refractivity contribution in [1.82, 2.24) is 0 Å².